The summed E-state index contributed by atoms with van der Waals surface area (Å²) in [5.74, 6) is 0.624. The van der Waals surface area contributed by atoms with E-state index in [1.807, 2.05) is 0 Å². The third kappa shape index (κ3) is 1.70. The van der Waals surface area contributed by atoms with Gasteiger partial charge < -0.3 is 10.5 Å². The minimum Gasteiger partial charge on any atom is -0.381 e. The van der Waals surface area contributed by atoms with Crippen molar-refractivity contribution in [1.29, 1.82) is 0 Å². The topological polar surface area (TPSA) is 35.2 Å². The van der Waals surface area contributed by atoms with Crippen LogP contribution in [0, 0.1) is 5.92 Å². The Balaban J connectivity index is 2.34. The SMILES string of the molecule is CO[C@H]1CCCC[C@@H]1CN. The molecule has 0 spiro atoms. The molecule has 60 valence electrons. The van der Waals surface area contributed by atoms with E-state index in [2.05, 4.69) is 0 Å². The zero-order valence-corrected chi connectivity index (χ0v) is 6.68. The fraction of sp³-hybridized carbons (Fsp3) is 1.00. The van der Waals surface area contributed by atoms with Crippen LogP contribution in [0.1, 0.15) is 25.7 Å². The predicted octanol–water partition coefficient (Wildman–Crippen LogP) is 1.15. The molecule has 0 aliphatic heterocycles. The lowest BCUT2D eigenvalue weighted by Crippen LogP contribution is -2.32. The molecular formula is C8H17NO. The fourth-order valence-corrected chi connectivity index (χ4v) is 1.75. The molecule has 0 saturated heterocycles. The Morgan fingerprint density at radius 2 is 2.10 bits per heavy atom. The molecule has 2 nitrogen and oxygen atoms in total. The third-order valence-electron chi connectivity index (χ3n) is 2.44. The molecule has 2 N–H and O–H groups in total. The lowest BCUT2D eigenvalue weighted by molar-refractivity contribution is 0.0272. The predicted molar refractivity (Wildman–Crippen MR) is 41.8 cm³/mol. The summed E-state index contributed by atoms with van der Waals surface area (Å²) in [5.41, 5.74) is 5.59. The second kappa shape index (κ2) is 3.94. The molecule has 1 saturated carbocycles. The van der Waals surface area contributed by atoms with Gasteiger partial charge in [0.25, 0.3) is 0 Å². The van der Waals surface area contributed by atoms with E-state index in [-0.39, 0.29) is 0 Å². The summed E-state index contributed by atoms with van der Waals surface area (Å²) in [6.45, 7) is 0.790. The summed E-state index contributed by atoms with van der Waals surface area (Å²) in [5, 5.41) is 0. The van der Waals surface area contributed by atoms with E-state index >= 15 is 0 Å². The van der Waals surface area contributed by atoms with Crippen LogP contribution >= 0.6 is 0 Å². The molecule has 0 radical (unpaired) electrons. The van der Waals surface area contributed by atoms with Gasteiger partial charge in [-0.2, -0.15) is 0 Å². The lowest BCUT2D eigenvalue weighted by atomic mass is 9.86. The number of ether oxygens (including phenoxy) is 1. The van der Waals surface area contributed by atoms with E-state index in [0.29, 0.717) is 12.0 Å². The zero-order chi connectivity index (χ0) is 7.40. The summed E-state index contributed by atoms with van der Waals surface area (Å²) in [7, 11) is 1.79. The van der Waals surface area contributed by atoms with Crippen molar-refractivity contribution in [2.24, 2.45) is 11.7 Å². The monoisotopic (exact) mass is 143 g/mol. The van der Waals surface area contributed by atoms with Crippen molar-refractivity contribution < 1.29 is 4.74 Å². The maximum absolute atomic E-state index is 5.59. The van der Waals surface area contributed by atoms with Gasteiger partial charge in [0.1, 0.15) is 0 Å². The van der Waals surface area contributed by atoms with Gasteiger partial charge in [0.15, 0.2) is 0 Å². The molecule has 10 heavy (non-hydrogen) atoms. The van der Waals surface area contributed by atoms with Crippen LogP contribution < -0.4 is 5.73 Å². The first-order valence-corrected chi connectivity index (χ1v) is 4.11. The lowest BCUT2D eigenvalue weighted by Gasteiger charge is -2.29. The average molecular weight is 143 g/mol. The van der Waals surface area contributed by atoms with Gasteiger partial charge in [-0.15, -0.1) is 0 Å². The number of hydrogen-bond acceptors (Lipinski definition) is 2. The normalized spacial score (nSPS) is 34.2. The number of rotatable bonds is 2. The van der Waals surface area contributed by atoms with Crippen molar-refractivity contribution in [3.63, 3.8) is 0 Å². The van der Waals surface area contributed by atoms with Crippen LogP contribution in [0.15, 0.2) is 0 Å². The smallest absolute Gasteiger partial charge is 0.0611 e. The highest BCUT2D eigenvalue weighted by Gasteiger charge is 2.22. The molecule has 0 unspecified atom stereocenters. The minimum absolute atomic E-state index is 0.443. The number of nitrogens with two attached hydrogens (primary N) is 1. The van der Waals surface area contributed by atoms with Crippen LogP contribution in [-0.4, -0.2) is 19.8 Å². The van der Waals surface area contributed by atoms with Gasteiger partial charge in [0.05, 0.1) is 6.10 Å². The van der Waals surface area contributed by atoms with E-state index in [1.54, 1.807) is 7.11 Å². The van der Waals surface area contributed by atoms with Gasteiger partial charge >= 0.3 is 0 Å². The fourth-order valence-electron chi connectivity index (χ4n) is 1.75. The maximum Gasteiger partial charge on any atom is 0.0611 e. The molecule has 1 fully saturated rings. The summed E-state index contributed by atoms with van der Waals surface area (Å²) in [6, 6.07) is 0. The van der Waals surface area contributed by atoms with Gasteiger partial charge in [-0.25, -0.2) is 0 Å². The molecular weight excluding hydrogens is 126 g/mol. The molecule has 1 aliphatic carbocycles. The Hall–Kier alpha value is -0.0800. The van der Waals surface area contributed by atoms with E-state index in [4.69, 9.17) is 10.5 Å². The minimum atomic E-state index is 0.443. The number of hydrogen-bond donors (Lipinski definition) is 1. The van der Waals surface area contributed by atoms with Crippen LogP contribution in [0.3, 0.4) is 0 Å². The standard InChI is InChI=1S/C8H17NO/c1-10-8-5-3-2-4-7(8)6-9/h7-8H,2-6,9H2,1H3/t7-,8+/m1/s1. The molecule has 0 bridgehead atoms. The Morgan fingerprint density at radius 3 is 2.60 bits per heavy atom. The summed E-state index contributed by atoms with van der Waals surface area (Å²) in [4.78, 5) is 0. The van der Waals surface area contributed by atoms with Crippen LogP contribution in [0.2, 0.25) is 0 Å². The van der Waals surface area contributed by atoms with Crippen molar-refractivity contribution in [2.75, 3.05) is 13.7 Å². The number of methoxy groups -OCH3 is 1. The Labute approximate surface area is 62.7 Å². The molecule has 2 atom stereocenters. The Bertz CT molecular complexity index is 83.3. The highest BCUT2D eigenvalue weighted by atomic mass is 16.5. The van der Waals surface area contributed by atoms with Crippen molar-refractivity contribution in [3.8, 4) is 0 Å². The first-order valence-electron chi connectivity index (χ1n) is 4.11. The molecule has 2 heteroatoms. The van der Waals surface area contributed by atoms with Crippen molar-refractivity contribution >= 4 is 0 Å². The van der Waals surface area contributed by atoms with Crippen LogP contribution in [0.5, 0.6) is 0 Å². The van der Waals surface area contributed by atoms with E-state index < -0.39 is 0 Å². The molecule has 1 aliphatic rings. The second-order valence-electron chi connectivity index (χ2n) is 3.05. The van der Waals surface area contributed by atoms with Crippen LogP contribution in [-0.2, 0) is 4.74 Å². The quantitative estimate of drug-likeness (QED) is 0.629. The van der Waals surface area contributed by atoms with Crippen molar-refractivity contribution in [3.05, 3.63) is 0 Å². The Morgan fingerprint density at radius 1 is 1.40 bits per heavy atom. The van der Waals surface area contributed by atoms with Gasteiger partial charge in [0.2, 0.25) is 0 Å². The van der Waals surface area contributed by atoms with E-state index in [1.165, 1.54) is 25.7 Å². The maximum atomic E-state index is 5.59. The summed E-state index contributed by atoms with van der Waals surface area (Å²) < 4.78 is 5.31. The zero-order valence-electron chi connectivity index (χ0n) is 6.68. The van der Waals surface area contributed by atoms with Crippen LogP contribution in [0.25, 0.3) is 0 Å². The highest BCUT2D eigenvalue weighted by Crippen LogP contribution is 2.25. The van der Waals surface area contributed by atoms with Gasteiger partial charge in [0, 0.05) is 7.11 Å². The van der Waals surface area contributed by atoms with Gasteiger partial charge in [-0.3, -0.25) is 0 Å². The average Bonchev–Trinajstić information content (AvgIpc) is 2.04. The third-order valence-corrected chi connectivity index (χ3v) is 2.44. The molecule has 0 heterocycles. The highest BCUT2D eigenvalue weighted by molar-refractivity contribution is 4.75. The van der Waals surface area contributed by atoms with Gasteiger partial charge in [-0.1, -0.05) is 12.8 Å². The second-order valence-corrected chi connectivity index (χ2v) is 3.05. The largest absolute Gasteiger partial charge is 0.381 e. The van der Waals surface area contributed by atoms with Crippen LogP contribution in [0.4, 0.5) is 0 Å². The van der Waals surface area contributed by atoms with Crippen molar-refractivity contribution in [1.82, 2.24) is 0 Å². The summed E-state index contributed by atoms with van der Waals surface area (Å²) in [6.07, 6.45) is 5.56. The van der Waals surface area contributed by atoms with E-state index in [9.17, 15) is 0 Å². The van der Waals surface area contributed by atoms with E-state index in [0.717, 1.165) is 6.54 Å². The van der Waals surface area contributed by atoms with Crippen molar-refractivity contribution in [2.45, 2.75) is 31.8 Å². The first-order chi connectivity index (χ1) is 4.88. The molecule has 0 aromatic heterocycles. The van der Waals surface area contributed by atoms with Gasteiger partial charge in [-0.05, 0) is 25.3 Å². The first kappa shape index (κ1) is 8.02. The Kier molecular flexibility index (Phi) is 3.16. The molecule has 0 aromatic carbocycles. The molecule has 0 aromatic rings. The molecule has 1 rings (SSSR count). The molecule has 0 amide bonds. The summed E-state index contributed by atoms with van der Waals surface area (Å²) >= 11 is 0.